The zero-order chi connectivity index (χ0) is 31.1. The third kappa shape index (κ3) is 3.48. The molecule has 2 aliphatic rings. The summed E-state index contributed by atoms with van der Waals surface area (Å²) in [7, 11) is 0. The van der Waals surface area contributed by atoms with Crippen molar-refractivity contribution in [1.29, 1.82) is 0 Å². The lowest BCUT2D eigenvalue weighted by atomic mass is 9.61. The van der Waals surface area contributed by atoms with Crippen molar-refractivity contribution in [2.24, 2.45) is 0 Å². The minimum Gasteiger partial charge on any atom is -0.457 e. The maximum Gasteiger partial charge on any atom is 0.263 e. The second kappa shape index (κ2) is 9.65. The van der Waals surface area contributed by atoms with Crippen molar-refractivity contribution < 1.29 is 4.74 Å². The van der Waals surface area contributed by atoms with Gasteiger partial charge in [0.1, 0.15) is 11.5 Å². The molecular formula is C44H27NO2. The number of hydrogen-bond acceptors (Lipinski definition) is 2. The van der Waals surface area contributed by atoms with Gasteiger partial charge in [0.15, 0.2) is 0 Å². The van der Waals surface area contributed by atoms with Crippen LogP contribution in [0.1, 0.15) is 22.3 Å². The zero-order valence-electron chi connectivity index (χ0n) is 25.4. The van der Waals surface area contributed by atoms with Crippen LogP contribution in [0.15, 0.2) is 169 Å². The fraction of sp³-hybridized carbons (Fsp3) is 0.0227. The van der Waals surface area contributed by atoms with Gasteiger partial charge in [0.2, 0.25) is 0 Å². The molecule has 3 heterocycles. The van der Waals surface area contributed by atoms with Crippen molar-refractivity contribution in [3.05, 3.63) is 196 Å². The number of fused-ring (bicyclic) bond motifs is 10. The lowest BCUT2D eigenvalue weighted by Crippen LogP contribution is -2.40. The number of rotatable bonds is 2. The number of ether oxygens (including phenoxy) is 1. The summed E-state index contributed by atoms with van der Waals surface area (Å²) in [5.74, 6) is 1.64. The highest BCUT2D eigenvalue weighted by atomic mass is 16.5. The maximum atomic E-state index is 14.8. The monoisotopic (exact) mass is 601 g/mol. The van der Waals surface area contributed by atoms with Crippen molar-refractivity contribution in [1.82, 2.24) is 4.57 Å². The van der Waals surface area contributed by atoms with Gasteiger partial charge < -0.3 is 4.74 Å². The highest BCUT2D eigenvalue weighted by Gasteiger charge is 2.50. The van der Waals surface area contributed by atoms with E-state index in [4.69, 9.17) is 4.74 Å². The van der Waals surface area contributed by atoms with Crippen molar-refractivity contribution in [3.8, 4) is 39.4 Å². The summed E-state index contributed by atoms with van der Waals surface area (Å²) in [5, 5.41) is 2.70. The highest BCUT2D eigenvalue weighted by molar-refractivity contribution is 6.11. The summed E-state index contributed by atoms with van der Waals surface area (Å²) in [6.07, 6.45) is 0. The van der Waals surface area contributed by atoms with Crippen LogP contribution < -0.4 is 10.3 Å². The zero-order valence-corrected chi connectivity index (χ0v) is 25.4. The van der Waals surface area contributed by atoms with E-state index in [0.717, 1.165) is 78.0 Å². The third-order valence-electron chi connectivity index (χ3n) is 10.0. The highest BCUT2D eigenvalue weighted by Crippen LogP contribution is 2.59. The smallest absolute Gasteiger partial charge is 0.263 e. The fourth-order valence-corrected chi connectivity index (χ4v) is 8.09. The summed E-state index contributed by atoms with van der Waals surface area (Å²) in [4.78, 5) is 14.8. The number of aromatic nitrogens is 1. The minimum atomic E-state index is -0.734. The molecule has 1 aromatic heterocycles. The third-order valence-corrected chi connectivity index (χ3v) is 10.0. The normalized spacial score (nSPS) is 13.5. The van der Waals surface area contributed by atoms with Crippen LogP contribution in [0.5, 0.6) is 11.5 Å². The molecule has 0 saturated carbocycles. The summed E-state index contributed by atoms with van der Waals surface area (Å²) >= 11 is 0. The molecule has 0 saturated heterocycles. The Morgan fingerprint density at radius 2 is 0.979 bits per heavy atom. The molecule has 3 heteroatoms. The first-order chi connectivity index (χ1) is 23.2. The van der Waals surface area contributed by atoms with Gasteiger partial charge in [-0.3, -0.25) is 9.36 Å². The number of para-hydroxylation sites is 3. The van der Waals surface area contributed by atoms with Gasteiger partial charge in [0, 0.05) is 21.9 Å². The Bertz CT molecular complexity index is 2570. The van der Waals surface area contributed by atoms with E-state index in [1.54, 1.807) is 0 Å². The van der Waals surface area contributed by atoms with E-state index < -0.39 is 5.41 Å². The Morgan fingerprint density at radius 3 is 1.66 bits per heavy atom. The van der Waals surface area contributed by atoms with E-state index in [1.165, 1.54) is 0 Å². The predicted octanol–water partition coefficient (Wildman–Crippen LogP) is 10.3. The summed E-state index contributed by atoms with van der Waals surface area (Å²) in [6.45, 7) is 0. The van der Waals surface area contributed by atoms with E-state index in [0.29, 0.717) is 5.39 Å². The van der Waals surface area contributed by atoms with Crippen LogP contribution in [-0.4, -0.2) is 4.57 Å². The second-order valence-corrected chi connectivity index (χ2v) is 12.4. The SMILES string of the molecule is O=c1c2ccc(-c3ccccc3)cc2c2cc(-c3ccccc3)cc3c2n1-c1ccccc1C31c2ccccc2Oc2ccccc21. The molecule has 0 unspecified atom stereocenters. The molecule has 0 radical (unpaired) electrons. The molecule has 0 atom stereocenters. The predicted molar refractivity (Wildman–Crippen MR) is 190 cm³/mol. The van der Waals surface area contributed by atoms with E-state index >= 15 is 0 Å². The Balaban J connectivity index is 1.47. The van der Waals surface area contributed by atoms with E-state index in [9.17, 15) is 4.79 Å². The van der Waals surface area contributed by atoms with E-state index in [2.05, 4.69) is 133 Å². The van der Waals surface area contributed by atoms with Gasteiger partial charge in [-0.15, -0.1) is 0 Å². The van der Waals surface area contributed by atoms with Gasteiger partial charge in [0.05, 0.1) is 16.6 Å². The molecule has 0 fully saturated rings. The molecule has 8 aromatic rings. The molecule has 1 spiro atoms. The van der Waals surface area contributed by atoms with Crippen molar-refractivity contribution in [2.75, 3.05) is 0 Å². The molecule has 47 heavy (non-hydrogen) atoms. The Kier molecular flexibility index (Phi) is 5.35. The van der Waals surface area contributed by atoms with Crippen molar-refractivity contribution >= 4 is 21.7 Å². The first-order valence-electron chi connectivity index (χ1n) is 16.0. The first-order valence-corrected chi connectivity index (χ1v) is 16.0. The average molecular weight is 602 g/mol. The van der Waals surface area contributed by atoms with Gasteiger partial charge in [-0.1, -0.05) is 121 Å². The standard InChI is InChI=1S/C44H27NO2/c46-43-32-24-23-30(28-13-3-1-4-14-28)25-33(32)34-26-31(29-15-5-2-6-16-29)27-38-42(34)45(43)39-20-10-7-17-35(39)44(38)36-18-8-11-21-40(36)47-41-22-12-9-19-37(41)44/h1-27H. The molecule has 2 aliphatic heterocycles. The second-order valence-electron chi connectivity index (χ2n) is 12.4. The lowest BCUT2D eigenvalue weighted by molar-refractivity contribution is 0.434. The molecular weight excluding hydrogens is 574 g/mol. The Labute approximate surface area is 271 Å². The van der Waals surface area contributed by atoms with Crippen LogP contribution >= 0.6 is 0 Å². The van der Waals surface area contributed by atoms with Crippen LogP contribution in [0.3, 0.4) is 0 Å². The van der Waals surface area contributed by atoms with Gasteiger partial charge in [-0.2, -0.15) is 0 Å². The van der Waals surface area contributed by atoms with Crippen molar-refractivity contribution in [2.45, 2.75) is 5.41 Å². The quantitative estimate of drug-likeness (QED) is 0.185. The van der Waals surface area contributed by atoms with Crippen LogP contribution in [0.4, 0.5) is 0 Å². The van der Waals surface area contributed by atoms with Crippen LogP contribution in [0, 0.1) is 0 Å². The minimum absolute atomic E-state index is 0.0169. The molecule has 0 bridgehead atoms. The first kappa shape index (κ1) is 26.1. The van der Waals surface area contributed by atoms with E-state index in [-0.39, 0.29) is 5.56 Å². The Hall–Kier alpha value is -6.19. The summed E-state index contributed by atoms with van der Waals surface area (Å²) in [6, 6.07) is 56.9. The van der Waals surface area contributed by atoms with Gasteiger partial charge in [0.25, 0.3) is 5.56 Å². The maximum absolute atomic E-state index is 14.8. The number of pyridine rings is 1. The number of hydrogen-bond donors (Lipinski definition) is 0. The largest absolute Gasteiger partial charge is 0.457 e. The summed E-state index contributed by atoms with van der Waals surface area (Å²) in [5.41, 5.74) is 9.75. The Morgan fingerprint density at radius 1 is 0.426 bits per heavy atom. The van der Waals surface area contributed by atoms with E-state index in [1.807, 2.05) is 34.9 Å². The summed E-state index contributed by atoms with van der Waals surface area (Å²) < 4.78 is 8.57. The molecule has 7 aromatic carbocycles. The van der Waals surface area contributed by atoms with Gasteiger partial charge >= 0.3 is 0 Å². The van der Waals surface area contributed by atoms with Crippen LogP contribution in [0.25, 0.3) is 49.6 Å². The van der Waals surface area contributed by atoms with Crippen molar-refractivity contribution in [3.63, 3.8) is 0 Å². The van der Waals surface area contributed by atoms with Crippen LogP contribution in [-0.2, 0) is 5.41 Å². The van der Waals surface area contributed by atoms with Crippen LogP contribution in [0.2, 0.25) is 0 Å². The average Bonchev–Trinajstić information content (AvgIpc) is 3.14. The molecule has 10 rings (SSSR count). The number of nitrogens with zero attached hydrogens (tertiary/aromatic N) is 1. The topological polar surface area (TPSA) is 31.2 Å². The molecule has 3 nitrogen and oxygen atoms in total. The molecule has 220 valence electrons. The number of benzene rings is 7. The molecule has 0 N–H and O–H groups in total. The lowest BCUT2D eigenvalue weighted by Gasteiger charge is -2.45. The van der Waals surface area contributed by atoms with Gasteiger partial charge in [-0.25, -0.2) is 0 Å². The molecule has 0 aliphatic carbocycles. The fourth-order valence-electron chi connectivity index (χ4n) is 8.09. The van der Waals surface area contributed by atoms with Gasteiger partial charge in [-0.05, 0) is 81.2 Å². The molecule has 0 amide bonds.